The lowest BCUT2D eigenvalue weighted by molar-refractivity contribution is -0.310. The number of hydrogen-bond acceptors (Lipinski definition) is 15. The van der Waals surface area contributed by atoms with Gasteiger partial charge in [-0.05, 0) is 90.8 Å². The highest BCUT2D eigenvalue weighted by atomic mass is 32.2. The number of ketones is 2. The number of carbonyl (C=O) groups is 7. The minimum atomic E-state index is -2.47. The third-order valence-corrected chi connectivity index (χ3v) is 13.7. The maximum atomic E-state index is 13.5. The molecule has 0 aliphatic carbocycles. The number of amides is 3. The normalized spacial score (nSPS) is 18.4. The van der Waals surface area contributed by atoms with Gasteiger partial charge in [-0.25, -0.2) is 4.79 Å². The van der Waals surface area contributed by atoms with Crippen molar-refractivity contribution in [1.82, 2.24) is 16.0 Å². The highest BCUT2D eigenvalue weighted by molar-refractivity contribution is 7.99. The number of aliphatic hydroxyl groups excluding tert-OH is 3. The monoisotopic (exact) mass is 1030 g/mol. The van der Waals surface area contributed by atoms with Crippen LogP contribution in [0.3, 0.4) is 0 Å². The van der Waals surface area contributed by atoms with E-state index in [2.05, 4.69) is 22.9 Å². The topological polar surface area (TPSA) is 284 Å². The predicted molar refractivity (Wildman–Crippen MR) is 269 cm³/mol. The molecule has 0 spiro atoms. The Balaban J connectivity index is 1.28. The largest absolute Gasteiger partial charge is 0.492 e. The van der Waals surface area contributed by atoms with Gasteiger partial charge in [-0.3, -0.25) is 28.8 Å². The van der Waals surface area contributed by atoms with Crippen molar-refractivity contribution in [3.05, 3.63) is 89.5 Å². The molecule has 388 valence electrons. The molecule has 0 unspecified atom stereocenters. The lowest BCUT2D eigenvalue weighted by Gasteiger charge is -2.46. The molecule has 3 aromatic rings. The van der Waals surface area contributed by atoms with Crippen LogP contribution in [-0.2, 0) is 28.7 Å². The smallest absolute Gasteiger partial charge is 0.364 e. The number of carboxylic acid groups (broad SMARTS) is 2. The number of nitrogens with one attached hydrogen (secondary N) is 3. The van der Waals surface area contributed by atoms with E-state index < -0.39 is 73.0 Å². The summed E-state index contributed by atoms with van der Waals surface area (Å²) in [6.45, 7) is 3.01. The molecule has 0 radical (unpaired) electrons. The van der Waals surface area contributed by atoms with E-state index >= 15 is 0 Å². The third kappa shape index (κ3) is 19.3. The number of unbranched alkanes of at least 4 members (excludes halogenated alkanes) is 1. The number of rotatable bonds is 33. The molecule has 1 fully saturated rings. The Kier molecular flexibility index (Phi) is 25.0. The van der Waals surface area contributed by atoms with E-state index in [0.29, 0.717) is 49.3 Å². The van der Waals surface area contributed by atoms with Crippen LogP contribution in [0.15, 0.2) is 72.8 Å². The summed E-state index contributed by atoms with van der Waals surface area (Å²) < 4.78 is 17.5. The first-order chi connectivity index (χ1) is 34.0. The van der Waals surface area contributed by atoms with Crippen molar-refractivity contribution in [2.24, 2.45) is 0 Å². The molecular weight excluding hydrogens is 959 g/mol. The molecule has 20 heteroatoms. The van der Waals surface area contributed by atoms with Crippen LogP contribution in [-0.4, -0.2) is 152 Å². The fourth-order valence-corrected chi connectivity index (χ4v) is 9.21. The van der Waals surface area contributed by atoms with E-state index in [9.17, 15) is 54.0 Å². The van der Waals surface area contributed by atoms with E-state index in [0.717, 1.165) is 36.0 Å². The molecule has 0 aromatic heterocycles. The quantitative estimate of drug-likeness (QED) is 0.0297. The van der Waals surface area contributed by atoms with Gasteiger partial charge < -0.3 is 55.7 Å². The Morgan fingerprint density at radius 3 is 2.11 bits per heavy atom. The molecule has 0 saturated carbocycles. The molecule has 4 rings (SSSR count). The third-order valence-electron chi connectivity index (χ3n) is 11.3. The summed E-state index contributed by atoms with van der Waals surface area (Å²) in [5.74, 6) is -3.95. The maximum Gasteiger partial charge on any atom is 0.364 e. The number of carboxylic acids is 2. The van der Waals surface area contributed by atoms with Gasteiger partial charge in [0, 0.05) is 69.0 Å². The van der Waals surface area contributed by atoms with E-state index in [1.165, 1.54) is 23.9 Å². The average molecular weight is 1030 g/mol. The lowest BCUT2D eigenvalue weighted by Crippen LogP contribution is -2.68. The number of Topliss-reactive ketones (excluding diaryl/α,β-unsaturated/α-hetero) is 2. The molecule has 6 atom stereocenters. The summed E-state index contributed by atoms with van der Waals surface area (Å²) in [6.07, 6.45) is -4.59. The van der Waals surface area contributed by atoms with Gasteiger partial charge in [0.15, 0.2) is 5.78 Å². The van der Waals surface area contributed by atoms with Gasteiger partial charge in [0.1, 0.15) is 23.7 Å². The Morgan fingerprint density at radius 1 is 0.761 bits per heavy atom. The van der Waals surface area contributed by atoms with Crippen molar-refractivity contribution in [1.29, 1.82) is 0 Å². The summed E-state index contributed by atoms with van der Waals surface area (Å²) in [5.41, 5.74) is 2.67. The number of benzene rings is 3. The first-order valence-corrected chi connectivity index (χ1v) is 26.1. The van der Waals surface area contributed by atoms with Crippen LogP contribution < -0.4 is 20.7 Å². The summed E-state index contributed by atoms with van der Waals surface area (Å²) in [7, 11) is 0. The highest BCUT2D eigenvalue weighted by Gasteiger charge is 2.55. The van der Waals surface area contributed by atoms with Crippen LogP contribution >= 0.6 is 23.5 Å². The maximum absolute atomic E-state index is 13.5. The van der Waals surface area contributed by atoms with Crippen LogP contribution in [0.5, 0.6) is 5.75 Å². The molecular formula is C51H67N3O15S2. The van der Waals surface area contributed by atoms with Crippen molar-refractivity contribution in [3.8, 4) is 16.9 Å². The second kappa shape index (κ2) is 30.5. The summed E-state index contributed by atoms with van der Waals surface area (Å²) in [6, 6.07) is 19.5. The van der Waals surface area contributed by atoms with Gasteiger partial charge in [-0.1, -0.05) is 49.4 Å². The van der Waals surface area contributed by atoms with Crippen molar-refractivity contribution in [2.45, 2.75) is 114 Å². The standard InChI is InChI=1S/C51H67N3O15S2/c1-3-26-70-29-23-52-49(64)37-20-21-39(43(30-37)67-25-22-38(56)13-7-8-15-44(60)61)40(57)14-9-27-71-28-10-24-68-51(50(65)66)31-41(58)45(54-33(2)55)47(69-51)46(62)42(59)32-53-48(63)36-18-16-35(17-19-36)34-11-5-4-6-12-34/h4-6,11-12,16-21,30,41-42,45-47,58-59,62H,3,7-10,13-15,22-29,31-32H2,1-2H3,(H,52,64)(H,53,63)(H,54,55)(H,60,61)(H,65,66)/t41-,42+,45+,46+,47+,51+/m0/s1. The SMILES string of the molecule is CCCSCCNC(=O)c1ccc(C(=O)CCCSCCCO[C@]2(C(=O)O)C[C@H](O)[C@@H](NC(C)=O)[C@H]([C@H](O)[C@H](O)CNC(=O)c3ccc(-c4ccccc4)cc3)O2)c(OCCC(=O)CCCCC(=O)O)c1. The minimum absolute atomic E-state index is 0.0216. The first-order valence-electron chi connectivity index (χ1n) is 23.8. The van der Waals surface area contributed by atoms with Gasteiger partial charge in [-0.15, -0.1) is 0 Å². The molecule has 1 aliphatic heterocycles. The molecule has 1 saturated heterocycles. The number of carbonyl (C=O) groups excluding carboxylic acids is 5. The van der Waals surface area contributed by atoms with Crippen LogP contribution in [0.2, 0.25) is 0 Å². The minimum Gasteiger partial charge on any atom is -0.492 e. The molecule has 3 amide bonds. The highest BCUT2D eigenvalue weighted by Crippen LogP contribution is 2.34. The summed E-state index contributed by atoms with van der Waals surface area (Å²) >= 11 is 3.20. The second-order valence-electron chi connectivity index (χ2n) is 17.0. The summed E-state index contributed by atoms with van der Waals surface area (Å²) in [5, 5.41) is 60.5. The number of thioether (sulfide) groups is 2. The Morgan fingerprint density at radius 2 is 1.42 bits per heavy atom. The predicted octanol–water partition coefficient (Wildman–Crippen LogP) is 4.90. The first kappa shape index (κ1) is 58.2. The molecule has 0 bridgehead atoms. The number of ether oxygens (including phenoxy) is 3. The molecule has 18 nitrogen and oxygen atoms in total. The van der Waals surface area contributed by atoms with Gasteiger partial charge in [0.25, 0.3) is 17.6 Å². The fraction of sp³-hybridized carbons (Fsp3) is 0.510. The molecule has 1 aliphatic rings. The van der Waals surface area contributed by atoms with Crippen molar-refractivity contribution < 1.29 is 73.3 Å². The van der Waals surface area contributed by atoms with Gasteiger partial charge >= 0.3 is 11.9 Å². The Hall–Kier alpha value is -5.35. The molecule has 1 heterocycles. The second-order valence-corrected chi connectivity index (χ2v) is 19.5. The van der Waals surface area contributed by atoms with Crippen molar-refractivity contribution in [2.75, 3.05) is 49.3 Å². The Bertz CT molecular complexity index is 2220. The van der Waals surface area contributed by atoms with Crippen LogP contribution in [0.25, 0.3) is 11.1 Å². The number of hydrogen-bond donors (Lipinski definition) is 8. The molecule has 71 heavy (non-hydrogen) atoms. The van der Waals surface area contributed by atoms with Crippen molar-refractivity contribution in [3.63, 3.8) is 0 Å². The van der Waals surface area contributed by atoms with Gasteiger partial charge in [-0.2, -0.15) is 23.5 Å². The van der Waals surface area contributed by atoms with Crippen molar-refractivity contribution >= 4 is 64.8 Å². The average Bonchev–Trinajstić information content (AvgIpc) is 3.35. The van der Waals surface area contributed by atoms with E-state index in [1.807, 2.05) is 30.3 Å². The van der Waals surface area contributed by atoms with Gasteiger partial charge in [0.2, 0.25) is 5.91 Å². The van der Waals surface area contributed by atoms with Crippen LogP contribution in [0, 0.1) is 0 Å². The Labute approximate surface area is 422 Å². The van der Waals surface area contributed by atoms with Crippen LogP contribution in [0.1, 0.15) is 109 Å². The molecule has 8 N–H and O–H groups in total. The summed E-state index contributed by atoms with van der Waals surface area (Å²) in [4.78, 5) is 87.4. The van der Waals surface area contributed by atoms with Crippen LogP contribution in [0.4, 0.5) is 0 Å². The van der Waals surface area contributed by atoms with Gasteiger partial charge in [0.05, 0.1) is 37.0 Å². The fourth-order valence-electron chi connectivity index (χ4n) is 7.60. The zero-order chi connectivity index (χ0) is 51.8. The molecule has 3 aromatic carbocycles. The van der Waals surface area contributed by atoms with E-state index in [4.69, 9.17) is 19.3 Å². The van der Waals surface area contributed by atoms with E-state index in [1.54, 1.807) is 42.1 Å². The zero-order valence-corrected chi connectivity index (χ0v) is 41.8. The van der Waals surface area contributed by atoms with E-state index in [-0.39, 0.29) is 73.2 Å². The zero-order valence-electron chi connectivity index (χ0n) is 40.2. The number of aliphatic hydroxyl groups is 3. The number of aliphatic carboxylic acids is 2. The lowest BCUT2D eigenvalue weighted by atomic mass is 9.88.